The molecule has 0 saturated heterocycles. The lowest BCUT2D eigenvalue weighted by Gasteiger charge is -2.07. The monoisotopic (exact) mass is 436 g/mol. The summed E-state index contributed by atoms with van der Waals surface area (Å²) in [5.41, 5.74) is 0. The maximum absolute atomic E-state index is 5.88. The van der Waals surface area contributed by atoms with E-state index in [0.29, 0.717) is 0 Å². The summed E-state index contributed by atoms with van der Waals surface area (Å²) in [7, 11) is 0. The third-order valence-corrected chi connectivity index (χ3v) is 7.24. The summed E-state index contributed by atoms with van der Waals surface area (Å²) < 4.78 is 5.71. The second-order valence-corrected chi connectivity index (χ2v) is 16.4. The van der Waals surface area contributed by atoms with Gasteiger partial charge in [-0.1, -0.05) is 95.2 Å². The van der Waals surface area contributed by atoms with E-state index in [2.05, 4.69) is 0 Å². The van der Waals surface area contributed by atoms with Gasteiger partial charge in [-0.15, -0.1) is 33.2 Å². The Hall–Kier alpha value is 0.107. The maximum atomic E-state index is 5.88. The molecule has 0 amide bonds. The SMILES string of the molecule is Cl[Si](Cl)(Cl)CCCCCCCCCCCCCCCOc1ccccc1. The summed E-state index contributed by atoms with van der Waals surface area (Å²) in [4.78, 5) is 0. The van der Waals surface area contributed by atoms with Crippen LogP contribution in [0.4, 0.5) is 0 Å². The molecule has 0 bridgehead atoms. The predicted octanol–water partition coefficient (Wildman–Crippen LogP) is 8.79. The number of para-hydroxylation sites is 1. The highest BCUT2D eigenvalue weighted by atomic mass is 35.8. The highest BCUT2D eigenvalue weighted by Gasteiger charge is 2.23. The molecule has 0 N–H and O–H groups in total. The van der Waals surface area contributed by atoms with E-state index in [1.807, 2.05) is 30.3 Å². The summed E-state index contributed by atoms with van der Waals surface area (Å²) >= 11 is 17.6. The third-order valence-electron chi connectivity index (χ3n) is 4.62. The van der Waals surface area contributed by atoms with Crippen LogP contribution in [0.25, 0.3) is 0 Å². The van der Waals surface area contributed by atoms with Crippen molar-refractivity contribution < 1.29 is 4.74 Å². The Kier molecular flexibility index (Phi) is 14.9. The molecular weight excluding hydrogens is 403 g/mol. The van der Waals surface area contributed by atoms with Gasteiger partial charge in [0.2, 0.25) is 0 Å². The lowest BCUT2D eigenvalue weighted by molar-refractivity contribution is 0.304. The van der Waals surface area contributed by atoms with Crippen LogP contribution in [0, 0.1) is 0 Å². The minimum absolute atomic E-state index is 0.816. The third kappa shape index (κ3) is 16.3. The van der Waals surface area contributed by atoms with E-state index in [1.54, 1.807) is 0 Å². The zero-order chi connectivity index (χ0) is 18.9. The van der Waals surface area contributed by atoms with E-state index >= 15 is 0 Å². The van der Waals surface area contributed by atoms with Crippen LogP contribution in [0.2, 0.25) is 6.04 Å². The summed E-state index contributed by atoms with van der Waals surface area (Å²) in [5.74, 6) is 0.986. The molecule has 0 aliphatic heterocycles. The van der Waals surface area contributed by atoms with E-state index < -0.39 is 6.00 Å². The molecule has 0 heterocycles. The number of benzene rings is 1. The van der Waals surface area contributed by atoms with Crippen molar-refractivity contribution in [1.29, 1.82) is 0 Å². The first kappa shape index (κ1) is 24.1. The zero-order valence-corrected chi connectivity index (χ0v) is 19.3. The molecule has 26 heavy (non-hydrogen) atoms. The number of hydrogen-bond donors (Lipinski definition) is 0. The highest BCUT2D eigenvalue weighted by molar-refractivity contribution is 7.64. The quantitative estimate of drug-likeness (QED) is 0.134. The van der Waals surface area contributed by atoms with Gasteiger partial charge in [-0.05, 0) is 24.6 Å². The molecule has 1 aromatic carbocycles. The standard InChI is InChI=1S/C21H35Cl3OSi/c22-26(23,24)20-16-11-9-7-5-3-1-2-4-6-8-10-15-19-25-21-17-13-12-14-18-21/h12-14,17-18H,1-11,15-16,19-20H2. The van der Waals surface area contributed by atoms with Crippen LogP contribution in [-0.4, -0.2) is 12.6 Å². The molecule has 0 atom stereocenters. The minimum Gasteiger partial charge on any atom is -0.494 e. The molecule has 0 radical (unpaired) electrons. The molecule has 1 nitrogen and oxygen atoms in total. The van der Waals surface area contributed by atoms with Crippen molar-refractivity contribution in [2.75, 3.05) is 6.61 Å². The molecule has 5 heteroatoms. The Labute approximate surface area is 175 Å². The first-order chi connectivity index (χ1) is 12.6. The van der Waals surface area contributed by atoms with Gasteiger partial charge in [-0.3, -0.25) is 0 Å². The van der Waals surface area contributed by atoms with Crippen LogP contribution in [0.5, 0.6) is 5.75 Å². The van der Waals surface area contributed by atoms with Gasteiger partial charge in [-0.25, -0.2) is 0 Å². The summed E-state index contributed by atoms with van der Waals surface area (Å²) in [5, 5.41) is 0. The van der Waals surface area contributed by atoms with Crippen molar-refractivity contribution in [2.24, 2.45) is 0 Å². The second-order valence-electron chi connectivity index (χ2n) is 7.12. The number of halogens is 3. The number of rotatable bonds is 17. The van der Waals surface area contributed by atoms with Crippen LogP contribution in [0.3, 0.4) is 0 Å². The Bertz CT molecular complexity index is 423. The number of unbranched alkanes of at least 4 members (excludes halogenated alkanes) is 12. The Morgan fingerprint density at radius 1 is 0.577 bits per heavy atom. The topological polar surface area (TPSA) is 9.23 Å². The second kappa shape index (κ2) is 16.1. The molecule has 0 aliphatic carbocycles. The maximum Gasteiger partial charge on any atom is 0.341 e. The first-order valence-corrected chi connectivity index (χ1v) is 15.6. The van der Waals surface area contributed by atoms with Gasteiger partial charge in [0.25, 0.3) is 0 Å². The zero-order valence-electron chi connectivity index (χ0n) is 16.0. The Morgan fingerprint density at radius 3 is 1.46 bits per heavy atom. The lowest BCUT2D eigenvalue weighted by atomic mass is 10.0. The average molecular weight is 438 g/mol. The molecule has 1 rings (SSSR count). The summed E-state index contributed by atoms with van der Waals surface area (Å²) in [6.45, 7) is 0.841. The molecular formula is C21H35Cl3OSi. The number of ether oxygens (including phenoxy) is 1. The van der Waals surface area contributed by atoms with Crippen LogP contribution in [0.1, 0.15) is 83.5 Å². The van der Waals surface area contributed by atoms with Crippen LogP contribution in [0.15, 0.2) is 30.3 Å². The smallest absolute Gasteiger partial charge is 0.341 e. The predicted molar refractivity (Wildman–Crippen MR) is 120 cm³/mol. The van der Waals surface area contributed by atoms with Gasteiger partial charge in [0.1, 0.15) is 5.75 Å². The Balaban J connectivity index is 1.72. The summed E-state index contributed by atoms with van der Waals surface area (Å²) in [6, 6.07) is 8.54. The van der Waals surface area contributed by atoms with E-state index in [-0.39, 0.29) is 0 Å². The fourth-order valence-corrected chi connectivity index (χ4v) is 4.93. The minimum atomic E-state index is -2.37. The lowest BCUT2D eigenvalue weighted by Crippen LogP contribution is -2.07. The Morgan fingerprint density at radius 2 is 1.00 bits per heavy atom. The molecule has 150 valence electrons. The van der Waals surface area contributed by atoms with Crippen LogP contribution in [-0.2, 0) is 0 Å². The molecule has 0 aromatic heterocycles. The highest BCUT2D eigenvalue weighted by Crippen LogP contribution is 2.27. The van der Waals surface area contributed by atoms with E-state index in [0.717, 1.165) is 31.2 Å². The molecule has 0 spiro atoms. The van der Waals surface area contributed by atoms with Gasteiger partial charge in [-0.2, -0.15) is 0 Å². The van der Waals surface area contributed by atoms with Crippen molar-refractivity contribution in [3.05, 3.63) is 30.3 Å². The van der Waals surface area contributed by atoms with Crippen molar-refractivity contribution in [2.45, 2.75) is 89.5 Å². The molecule has 0 saturated carbocycles. The van der Waals surface area contributed by atoms with E-state index in [4.69, 9.17) is 38.0 Å². The molecule has 0 unspecified atom stereocenters. The fourth-order valence-electron chi connectivity index (χ4n) is 3.08. The van der Waals surface area contributed by atoms with Crippen molar-refractivity contribution in [3.63, 3.8) is 0 Å². The largest absolute Gasteiger partial charge is 0.494 e. The van der Waals surface area contributed by atoms with Crippen molar-refractivity contribution in [3.8, 4) is 5.75 Å². The number of hydrogen-bond acceptors (Lipinski definition) is 1. The van der Waals surface area contributed by atoms with Crippen LogP contribution < -0.4 is 4.74 Å². The molecule has 0 aliphatic rings. The molecule has 1 aromatic rings. The first-order valence-electron chi connectivity index (χ1n) is 10.3. The van der Waals surface area contributed by atoms with Gasteiger partial charge >= 0.3 is 6.00 Å². The van der Waals surface area contributed by atoms with Crippen LogP contribution >= 0.6 is 33.2 Å². The van der Waals surface area contributed by atoms with Gasteiger partial charge in [0, 0.05) is 0 Å². The summed E-state index contributed by atoms with van der Waals surface area (Å²) in [6.07, 6.45) is 17.0. The normalized spacial score (nSPS) is 11.7. The van der Waals surface area contributed by atoms with E-state index in [1.165, 1.54) is 70.6 Å². The molecule has 0 fully saturated rings. The van der Waals surface area contributed by atoms with Crippen molar-refractivity contribution >= 4 is 39.2 Å². The van der Waals surface area contributed by atoms with Gasteiger partial charge in [0.05, 0.1) is 6.61 Å². The van der Waals surface area contributed by atoms with Gasteiger partial charge < -0.3 is 4.74 Å². The average Bonchev–Trinajstić information content (AvgIpc) is 2.61. The fraction of sp³-hybridized carbons (Fsp3) is 0.714. The van der Waals surface area contributed by atoms with E-state index in [9.17, 15) is 0 Å². The van der Waals surface area contributed by atoms with Crippen molar-refractivity contribution in [1.82, 2.24) is 0 Å². The van der Waals surface area contributed by atoms with Gasteiger partial charge in [0.15, 0.2) is 0 Å².